The first-order valence-electron chi connectivity index (χ1n) is 13.4. The molecule has 4 fully saturated rings. The maximum atomic E-state index is 12.9. The first-order chi connectivity index (χ1) is 15.7. The summed E-state index contributed by atoms with van der Waals surface area (Å²) in [6.07, 6.45) is 12.4. The van der Waals surface area contributed by atoms with E-state index in [4.69, 9.17) is 9.47 Å². The smallest absolute Gasteiger partial charge is 0.137 e. The van der Waals surface area contributed by atoms with E-state index in [1.54, 1.807) is 0 Å². The van der Waals surface area contributed by atoms with Crippen molar-refractivity contribution in [3.63, 3.8) is 0 Å². The van der Waals surface area contributed by atoms with Gasteiger partial charge in [-0.2, -0.15) is 0 Å². The Bertz CT molecular complexity index is 549. The van der Waals surface area contributed by atoms with Gasteiger partial charge in [0.25, 0.3) is 0 Å². The molecule has 4 aliphatic rings. The maximum absolute atomic E-state index is 12.9. The van der Waals surface area contributed by atoms with Crippen LogP contribution in [0.3, 0.4) is 0 Å². The number of carbonyl (C=O) groups is 2. The second kappa shape index (κ2) is 12.6. The number of morpholine rings is 2. The molecule has 0 aromatic rings. The Morgan fingerprint density at radius 2 is 1.00 bits per heavy atom. The molecule has 0 N–H and O–H groups in total. The maximum Gasteiger partial charge on any atom is 0.137 e. The molecular formula is C26H44N2O4. The molecule has 2 heterocycles. The zero-order valence-electron chi connectivity index (χ0n) is 20.0. The zero-order chi connectivity index (χ0) is 22.2. The van der Waals surface area contributed by atoms with Crippen molar-refractivity contribution < 1.29 is 19.1 Å². The lowest BCUT2D eigenvalue weighted by molar-refractivity contribution is -0.126. The number of ketones is 2. The first-order valence-corrected chi connectivity index (χ1v) is 13.4. The molecule has 6 heteroatoms. The molecule has 6 nitrogen and oxygen atoms in total. The summed E-state index contributed by atoms with van der Waals surface area (Å²) in [5, 5.41) is 0. The third kappa shape index (κ3) is 6.40. The molecule has 4 rings (SSSR count). The minimum atomic E-state index is 0.245. The van der Waals surface area contributed by atoms with Crippen LogP contribution < -0.4 is 0 Å². The van der Waals surface area contributed by atoms with Gasteiger partial charge in [-0.3, -0.25) is 19.4 Å². The highest BCUT2D eigenvalue weighted by molar-refractivity contribution is 5.82. The predicted molar refractivity (Wildman–Crippen MR) is 125 cm³/mol. The van der Waals surface area contributed by atoms with E-state index in [-0.39, 0.29) is 11.8 Å². The van der Waals surface area contributed by atoms with Crippen molar-refractivity contribution >= 4 is 11.6 Å². The Labute approximate surface area is 194 Å². The number of carbonyl (C=O) groups excluding carboxylic acids is 2. The molecule has 2 aliphatic carbocycles. The monoisotopic (exact) mass is 448 g/mol. The summed E-state index contributed by atoms with van der Waals surface area (Å²) in [7, 11) is 0. The molecule has 182 valence electrons. The standard InChI is InChI=1S/C26H44N2O4/c29-25(21-7-5-9-23(21)27-13-17-31-18-14-27)11-3-1-2-4-12-26(30)22-8-6-10-24(22)28-15-19-32-20-16-28/h21-24H,1-20H2. The molecule has 0 bridgehead atoms. The molecule has 2 saturated carbocycles. The van der Waals surface area contributed by atoms with E-state index < -0.39 is 0 Å². The highest BCUT2D eigenvalue weighted by Crippen LogP contribution is 2.33. The van der Waals surface area contributed by atoms with E-state index in [9.17, 15) is 9.59 Å². The number of nitrogens with zero attached hydrogens (tertiary/aromatic N) is 2. The molecular weight excluding hydrogens is 404 g/mol. The molecule has 0 spiro atoms. The molecule has 4 unspecified atom stereocenters. The topological polar surface area (TPSA) is 59.1 Å². The van der Waals surface area contributed by atoms with Gasteiger partial charge in [-0.1, -0.05) is 25.7 Å². The summed E-state index contributed by atoms with van der Waals surface area (Å²) >= 11 is 0. The zero-order valence-corrected chi connectivity index (χ0v) is 20.0. The molecule has 0 aromatic heterocycles. The van der Waals surface area contributed by atoms with Crippen molar-refractivity contribution in [3.8, 4) is 0 Å². The van der Waals surface area contributed by atoms with Gasteiger partial charge in [0.05, 0.1) is 26.4 Å². The third-order valence-corrected chi connectivity index (χ3v) is 8.41. The summed E-state index contributed by atoms with van der Waals surface area (Å²) in [6, 6.07) is 0.907. The van der Waals surface area contributed by atoms with Gasteiger partial charge in [0.15, 0.2) is 0 Å². The number of unbranched alkanes of at least 4 members (excludes halogenated alkanes) is 3. The summed E-state index contributed by atoms with van der Waals surface area (Å²) < 4.78 is 11.0. The van der Waals surface area contributed by atoms with Crippen LogP contribution in [0.4, 0.5) is 0 Å². The van der Waals surface area contributed by atoms with Gasteiger partial charge in [-0.15, -0.1) is 0 Å². The normalized spacial score (nSPS) is 32.4. The Balaban J connectivity index is 1.10. The van der Waals surface area contributed by atoms with E-state index in [2.05, 4.69) is 9.80 Å². The first kappa shape index (κ1) is 24.3. The summed E-state index contributed by atoms with van der Waals surface area (Å²) in [4.78, 5) is 30.7. The lowest BCUT2D eigenvalue weighted by atomic mass is 9.91. The average Bonchev–Trinajstić information content (AvgIpc) is 3.52. The number of ether oxygens (including phenoxy) is 2. The van der Waals surface area contributed by atoms with Crippen LogP contribution in [0.5, 0.6) is 0 Å². The lowest BCUT2D eigenvalue weighted by Crippen LogP contribution is -2.46. The molecule has 0 radical (unpaired) electrons. The summed E-state index contributed by atoms with van der Waals surface area (Å²) in [5.41, 5.74) is 0. The predicted octanol–water partition coefficient (Wildman–Crippen LogP) is 3.47. The second-order valence-corrected chi connectivity index (χ2v) is 10.4. The van der Waals surface area contributed by atoms with E-state index in [1.807, 2.05) is 0 Å². The molecule has 0 amide bonds. The van der Waals surface area contributed by atoms with Crippen LogP contribution in [0.25, 0.3) is 0 Å². The van der Waals surface area contributed by atoms with E-state index >= 15 is 0 Å². The van der Waals surface area contributed by atoms with Crippen LogP contribution in [0.2, 0.25) is 0 Å². The Kier molecular flexibility index (Phi) is 9.56. The minimum Gasteiger partial charge on any atom is -0.379 e. The van der Waals surface area contributed by atoms with Crippen LogP contribution in [0, 0.1) is 11.8 Å². The fourth-order valence-electron chi connectivity index (χ4n) is 6.65. The molecule has 2 saturated heterocycles. The van der Waals surface area contributed by atoms with Crippen molar-refractivity contribution in [2.24, 2.45) is 11.8 Å². The van der Waals surface area contributed by atoms with Crippen LogP contribution in [0.1, 0.15) is 77.0 Å². The van der Waals surface area contributed by atoms with Crippen molar-refractivity contribution in [1.29, 1.82) is 0 Å². The van der Waals surface area contributed by atoms with Gasteiger partial charge in [-0.05, 0) is 38.5 Å². The highest BCUT2D eigenvalue weighted by atomic mass is 16.5. The van der Waals surface area contributed by atoms with Gasteiger partial charge < -0.3 is 9.47 Å². The molecule has 0 aromatic carbocycles. The molecule has 2 aliphatic heterocycles. The Morgan fingerprint density at radius 1 is 0.594 bits per heavy atom. The quantitative estimate of drug-likeness (QED) is 0.451. The SMILES string of the molecule is O=C(CCCCCCC(=O)C1CCCC1N1CCOCC1)C1CCCC1N1CCOCC1. The number of hydrogen-bond donors (Lipinski definition) is 0. The Hall–Kier alpha value is -0.820. The largest absolute Gasteiger partial charge is 0.379 e. The third-order valence-electron chi connectivity index (χ3n) is 8.41. The van der Waals surface area contributed by atoms with Crippen molar-refractivity contribution in [2.75, 3.05) is 52.6 Å². The average molecular weight is 449 g/mol. The van der Waals surface area contributed by atoms with Gasteiger partial charge in [0.1, 0.15) is 11.6 Å². The van der Waals surface area contributed by atoms with E-state index in [1.165, 1.54) is 25.7 Å². The van der Waals surface area contributed by atoms with E-state index in [0.29, 0.717) is 23.7 Å². The van der Waals surface area contributed by atoms with Gasteiger partial charge >= 0.3 is 0 Å². The van der Waals surface area contributed by atoms with Crippen LogP contribution >= 0.6 is 0 Å². The van der Waals surface area contributed by atoms with Crippen LogP contribution in [0.15, 0.2) is 0 Å². The second-order valence-electron chi connectivity index (χ2n) is 10.4. The fraction of sp³-hybridized carbons (Fsp3) is 0.923. The van der Waals surface area contributed by atoms with Gasteiger partial charge in [0, 0.05) is 62.9 Å². The lowest BCUT2D eigenvalue weighted by Gasteiger charge is -2.35. The van der Waals surface area contributed by atoms with Crippen molar-refractivity contribution in [1.82, 2.24) is 9.80 Å². The number of Topliss-reactive ketones (excluding diaryl/α,β-unsaturated/α-hetero) is 2. The Morgan fingerprint density at radius 3 is 1.41 bits per heavy atom. The molecule has 4 atom stereocenters. The van der Waals surface area contributed by atoms with Crippen molar-refractivity contribution in [3.05, 3.63) is 0 Å². The van der Waals surface area contributed by atoms with E-state index in [0.717, 1.165) is 104 Å². The minimum absolute atomic E-state index is 0.245. The molecule has 32 heavy (non-hydrogen) atoms. The van der Waals surface area contributed by atoms with Gasteiger partial charge in [0.2, 0.25) is 0 Å². The summed E-state index contributed by atoms with van der Waals surface area (Å²) in [5.74, 6) is 1.45. The highest BCUT2D eigenvalue weighted by Gasteiger charge is 2.37. The van der Waals surface area contributed by atoms with Crippen LogP contribution in [-0.2, 0) is 19.1 Å². The summed E-state index contributed by atoms with van der Waals surface area (Å²) in [6.45, 7) is 7.17. The van der Waals surface area contributed by atoms with Crippen LogP contribution in [-0.4, -0.2) is 86.1 Å². The fourth-order valence-corrected chi connectivity index (χ4v) is 6.65. The van der Waals surface area contributed by atoms with Gasteiger partial charge in [-0.25, -0.2) is 0 Å². The number of hydrogen-bond acceptors (Lipinski definition) is 6. The number of rotatable bonds is 11. The van der Waals surface area contributed by atoms with Crippen molar-refractivity contribution in [2.45, 2.75) is 89.1 Å².